The molecule has 18 heavy (non-hydrogen) atoms. The molecule has 0 fully saturated rings. The summed E-state index contributed by atoms with van der Waals surface area (Å²) in [5, 5.41) is 9.52. The van der Waals surface area contributed by atoms with Crippen LogP contribution in [0.5, 0.6) is 0 Å². The highest BCUT2D eigenvalue weighted by atomic mass is 16.5. The molecular formula is C12H14N4O2. The van der Waals surface area contributed by atoms with Crippen LogP contribution in [-0.4, -0.2) is 22.6 Å². The Labute approximate surface area is 104 Å². The third-order valence-corrected chi connectivity index (χ3v) is 2.32. The molecule has 0 unspecified atom stereocenters. The van der Waals surface area contributed by atoms with Crippen LogP contribution in [-0.2, 0) is 6.54 Å². The van der Waals surface area contributed by atoms with Gasteiger partial charge < -0.3 is 15.2 Å². The molecule has 0 aromatic carbocycles. The smallest absolute Gasteiger partial charge is 0.255 e. The number of hydrogen-bond donors (Lipinski definition) is 2. The van der Waals surface area contributed by atoms with Crippen molar-refractivity contribution in [3.8, 4) is 0 Å². The van der Waals surface area contributed by atoms with Crippen molar-refractivity contribution in [1.82, 2.24) is 15.5 Å². The van der Waals surface area contributed by atoms with Crippen LogP contribution in [0.4, 0.5) is 5.82 Å². The second kappa shape index (κ2) is 5.81. The Bertz CT molecular complexity index is 511. The lowest BCUT2D eigenvalue weighted by Crippen LogP contribution is -2.24. The molecule has 0 aliphatic rings. The molecule has 0 bridgehead atoms. The number of carbonyl (C=O) groups is 1. The summed E-state index contributed by atoms with van der Waals surface area (Å²) < 4.78 is 4.69. The van der Waals surface area contributed by atoms with Crippen LogP contribution in [0, 0.1) is 0 Å². The fraction of sp³-hybridized carbons (Fsp3) is 0.250. The van der Waals surface area contributed by atoms with Gasteiger partial charge in [-0.2, -0.15) is 0 Å². The SMILES string of the molecule is CCNc1ncccc1C(=O)NCc1ccon1. The van der Waals surface area contributed by atoms with Crippen molar-refractivity contribution in [2.75, 3.05) is 11.9 Å². The highest BCUT2D eigenvalue weighted by molar-refractivity contribution is 5.98. The number of nitrogens with zero attached hydrogens (tertiary/aromatic N) is 2. The Kier molecular flexibility index (Phi) is 3.90. The second-order valence-electron chi connectivity index (χ2n) is 3.60. The molecule has 0 saturated carbocycles. The highest BCUT2D eigenvalue weighted by Gasteiger charge is 2.11. The quantitative estimate of drug-likeness (QED) is 0.834. The molecular weight excluding hydrogens is 232 g/mol. The zero-order valence-corrected chi connectivity index (χ0v) is 10.0. The third-order valence-electron chi connectivity index (χ3n) is 2.32. The number of hydrogen-bond acceptors (Lipinski definition) is 5. The zero-order valence-electron chi connectivity index (χ0n) is 10.0. The van der Waals surface area contributed by atoms with E-state index in [0.29, 0.717) is 30.2 Å². The van der Waals surface area contributed by atoms with Gasteiger partial charge in [-0.15, -0.1) is 0 Å². The molecule has 6 nitrogen and oxygen atoms in total. The lowest BCUT2D eigenvalue weighted by atomic mass is 10.2. The topological polar surface area (TPSA) is 80.0 Å². The van der Waals surface area contributed by atoms with Crippen LogP contribution in [0.1, 0.15) is 23.0 Å². The molecule has 2 rings (SSSR count). The minimum Gasteiger partial charge on any atom is -0.370 e. The summed E-state index contributed by atoms with van der Waals surface area (Å²) in [5.41, 5.74) is 1.19. The summed E-state index contributed by atoms with van der Waals surface area (Å²) >= 11 is 0. The molecule has 94 valence electrons. The molecule has 6 heteroatoms. The Hall–Kier alpha value is -2.37. The fourth-order valence-corrected chi connectivity index (χ4v) is 1.49. The minimum absolute atomic E-state index is 0.193. The van der Waals surface area contributed by atoms with E-state index in [4.69, 9.17) is 0 Å². The molecule has 0 aliphatic carbocycles. The van der Waals surface area contributed by atoms with Crippen LogP contribution in [0.15, 0.2) is 35.2 Å². The molecule has 0 aliphatic heterocycles. The van der Waals surface area contributed by atoms with Crippen LogP contribution >= 0.6 is 0 Å². The predicted molar refractivity (Wildman–Crippen MR) is 66.1 cm³/mol. The molecule has 2 heterocycles. The van der Waals surface area contributed by atoms with Gasteiger partial charge in [0.2, 0.25) is 0 Å². The number of pyridine rings is 1. The Morgan fingerprint density at radius 3 is 3.06 bits per heavy atom. The summed E-state index contributed by atoms with van der Waals surface area (Å²) in [4.78, 5) is 16.1. The molecule has 0 radical (unpaired) electrons. The van der Waals surface area contributed by atoms with Crippen LogP contribution in [0.2, 0.25) is 0 Å². The van der Waals surface area contributed by atoms with E-state index in [-0.39, 0.29) is 5.91 Å². The zero-order chi connectivity index (χ0) is 12.8. The lowest BCUT2D eigenvalue weighted by Gasteiger charge is -2.08. The van der Waals surface area contributed by atoms with Crippen molar-refractivity contribution >= 4 is 11.7 Å². The molecule has 0 spiro atoms. The summed E-state index contributed by atoms with van der Waals surface area (Å²) in [5.74, 6) is 0.389. The second-order valence-corrected chi connectivity index (χ2v) is 3.60. The van der Waals surface area contributed by atoms with Crippen molar-refractivity contribution in [1.29, 1.82) is 0 Å². The monoisotopic (exact) mass is 246 g/mol. The fourth-order valence-electron chi connectivity index (χ4n) is 1.49. The van der Waals surface area contributed by atoms with Crippen molar-refractivity contribution in [2.45, 2.75) is 13.5 Å². The first-order valence-corrected chi connectivity index (χ1v) is 5.67. The van der Waals surface area contributed by atoms with Crippen molar-refractivity contribution in [3.63, 3.8) is 0 Å². The highest BCUT2D eigenvalue weighted by Crippen LogP contribution is 2.11. The van der Waals surface area contributed by atoms with E-state index in [9.17, 15) is 4.79 Å². The van der Waals surface area contributed by atoms with Crippen molar-refractivity contribution in [3.05, 3.63) is 41.9 Å². The average molecular weight is 246 g/mol. The normalized spacial score (nSPS) is 10.1. The van der Waals surface area contributed by atoms with E-state index in [2.05, 4.69) is 25.3 Å². The van der Waals surface area contributed by atoms with Gasteiger partial charge in [-0.3, -0.25) is 4.79 Å². The number of rotatable bonds is 5. The van der Waals surface area contributed by atoms with Crippen molar-refractivity contribution in [2.24, 2.45) is 0 Å². The van der Waals surface area contributed by atoms with E-state index in [1.54, 1.807) is 24.4 Å². The maximum atomic E-state index is 12.0. The van der Waals surface area contributed by atoms with E-state index in [1.165, 1.54) is 6.26 Å². The van der Waals surface area contributed by atoms with Gasteiger partial charge in [-0.25, -0.2) is 4.98 Å². The van der Waals surface area contributed by atoms with E-state index in [1.807, 2.05) is 6.92 Å². The van der Waals surface area contributed by atoms with Gasteiger partial charge in [-0.05, 0) is 19.1 Å². The van der Waals surface area contributed by atoms with Gasteiger partial charge >= 0.3 is 0 Å². The van der Waals surface area contributed by atoms with E-state index < -0.39 is 0 Å². The average Bonchev–Trinajstić information content (AvgIpc) is 2.90. The standard InChI is InChI=1S/C12H14N4O2/c1-2-13-11-10(4-3-6-14-11)12(17)15-8-9-5-7-18-16-9/h3-7H,2,8H2,1H3,(H,13,14)(H,15,17). The van der Waals surface area contributed by atoms with E-state index >= 15 is 0 Å². The predicted octanol–water partition coefficient (Wildman–Crippen LogP) is 1.43. The molecule has 0 saturated heterocycles. The van der Waals surface area contributed by atoms with Crippen LogP contribution in [0.25, 0.3) is 0 Å². The summed E-state index contributed by atoms with van der Waals surface area (Å²) in [7, 11) is 0. The van der Waals surface area contributed by atoms with Gasteiger partial charge in [0.25, 0.3) is 5.91 Å². The van der Waals surface area contributed by atoms with Crippen LogP contribution < -0.4 is 10.6 Å². The van der Waals surface area contributed by atoms with Crippen molar-refractivity contribution < 1.29 is 9.32 Å². The number of anilines is 1. The summed E-state index contributed by atoms with van der Waals surface area (Å²) in [6.45, 7) is 2.99. The molecule has 2 aromatic rings. The molecule has 2 N–H and O–H groups in total. The molecule has 2 aromatic heterocycles. The number of carbonyl (C=O) groups excluding carboxylic acids is 1. The van der Waals surface area contributed by atoms with Gasteiger partial charge in [0.1, 0.15) is 17.8 Å². The number of amides is 1. The molecule has 0 atom stereocenters. The first-order valence-electron chi connectivity index (χ1n) is 5.67. The Morgan fingerprint density at radius 1 is 1.44 bits per heavy atom. The number of aromatic nitrogens is 2. The van der Waals surface area contributed by atoms with Gasteiger partial charge in [-0.1, -0.05) is 5.16 Å². The third kappa shape index (κ3) is 2.85. The first-order chi connectivity index (χ1) is 8.81. The maximum Gasteiger partial charge on any atom is 0.255 e. The lowest BCUT2D eigenvalue weighted by molar-refractivity contribution is 0.0950. The van der Waals surface area contributed by atoms with E-state index in [0.717, 1.165) is 0 Å². The summed E-state index contributed by atoms with van der Waals surface area (Å²) in [6.07, 6.45) is 3.11. The summed E-state index contributed by atoms with van der Waals surface area (Å²) in [6, 6.07) is 5.16. The van der Waals surface area contributed by atoms with Gasteiger partial charge in [0.05, 0.1) is 12.1 Å². The Morgan fingerprint density at radius 2 is 2.33 bits per heavy atom. The van der Waals surface area contributed by atoms with Crippen LogP contribution in [0.3, 0.4) is 0 Å². The van der Waals surface area contributed by atoms with Gasteiger partial charge in [0.15, 0.2) is 0 Å². The number of nitrogens with one attached hydrogen (secondary N) is 2. The van der Waals surface area contributed by atoms with Gasteiger partial charge in [0, 0.05) is 18.8 Å². The Balaban J connectivity index is 2.04. The largest absolute Gasteiger partial charge is 0.370 e. The molecule has 1 amide bonds. The minimum atomic E-state index is -0.193. The maximum absolute atomic E-state index is 12.0. The first kappa shape index (κ1) is 12.1.